The first-order valence-electron chi connectivity index (χ1n) is 8.80. The molecule has 30 heavy (non-hydrogen) atoms. The summed E-state index contributed by atoms with van der Waals surface area (Å²) in [6, 6.07) is 18.4. The number of rotatable bonds is 7. The van der Waals surface area contributed by atoms with Gasteiger partial charge in [0.15, 0.2) is 0 Å². The number of sulfonamides is 1. The third-order valence-electron chi connectivity index (χ3n) is 4.19. The van der Waals surface area contributed by atoms with E-state index in [1.807, 2.05) is 0 Å². The van der Waals surface area contributed by atoms with Crippen molar-refractivity contribution in [3.63, 3.8) is 0 Å². The van der Waals surface area contributed by atoms with Gasteiger partial charge in [0.1, 0.15) is 5.82 Å². The van der Waals surface area contributed by atoms with Crippen LogP contribution in [0.1, 0.15) is 5.56 Å². The van der Waals surface area contributed by atoms with Crippen molar-refractivity contribution in [2.75, 3.05) is 11.9 Å². The molecule has 0 aromatic heterocycles. The summed E-state index contributed by atoms with van der Waals surface area (Å²) in [5.41, 5.74) is 0.671. The first kappa shape index (κ1) is 22.4. The van der Waals surface area contributed by atoms with Gasteiger partial charge in [0, 0.05) is 16.0 Å². The molecule has 1 amide bonds. The van der Waals surface area contributed by atoms with Gasteiger partial charge in [-0.05, 0) is 54.1 Å². The van der Waals surface area contributed by atoms with Gasteiger partial charge in [-0.15, -0.1) is 0 Å². The third-order valence-corrected chi connectivity index (χ3v) is 6.78. The van der Waals surface area contributed by atoms with Crippen molar-refractivity contribution in [1.29, 1.82) is 0 Å². The Labute approximate surface area is 187 Å². The van der Waals surface area contributed by atoms with E-state index in [9.17, 15) is 17.6 Å². The van der Waals surface area contributed by atoms with Crippen LogP contribution in [0.5, 0.6) is 0 Å². The Balaban J connectivity index is 1.88. The minimum absolute atomic E-state index is 0.00250. The lowest BCUT2D eigenvalue weighted by atomic mass is 10.2. The van der Waals surface area contributed by atoms with Crippen LogP contribution in [0.15, 0.2) is 82.2 Å². The second-order valence-corrected chi connectivity index (χ2v) is 9.67. The van der Waals surface area contributed by atoms with Crippen LogP contribution in [0.25, 0.3) is 0 Å². The van der Waals surface area contributed by atoms with Gasteiger partial charge < -0.3 is 5.32 Å². The maximum atomic E-state index is 13.8. The van der Waals surface area contributed by atoms with E-state index in [2.05, 4.69) is 21.2 Å². The Morgan fingerprint density at radius 1 is 1.00 bits per heavy atom. The maximum absolute atomic E-state index is 13.8. The number of carbonyl (C=O) groups is 1. The van der Waals surface area contributed by atoms with Crippen molar-refractivity contribution in [3.05, 3.63) is 93.7 Å². The molecule has 3 aromatic rings. The third kappa shape index (κ3) is 5.66. The summed E-state index contributed by atoms with van der Waals surface area (Å²) in [7, 11) is -4.02. The fourth-order valence-electron chi connectivity index (χ4n) is 2.69. The first-order valence-corrected chi connectivity index (χ1v) is 11.4. The molecule has 3 aromatic carbocycles. The number of halogens is 3. The van der Waals surface area contributed by atoms with Gasteiger partial charge in [0.05, 0.1) is 17.1 Å². The normalized spacial score (nSPS) is 11.5. The van der Waals surface area contributed by atoms with Gasteiger partial charge in [-0.3, -0.25) is 4.79 Å². The van der Waals surface area contributed by atoms with Crippen LogP contribution < -0.4 is 5.32 Å². The Morgan fingerprint density at radius 3 is 2.27 bits per heavy atom. The molecule has 0 heterocycles. The summed E-state index contributed by atoms with van der Waals surface area (Å²) in [6.45, 7) is -0.529. The summed E-state index contributed by atoms with van der Waals surface area (Å²) in [6.07, 6.45) is 0. The number of nitrogens with one attached hydrogen (secondary N) is 1. The van der Waals surface area contributed by atoms with Gasteiger partial charge in [0.2, 0.25) is 15.9 Å². The highest BCUT2D eigenvalue weighted by Gasteiger charge is 2.27. The van der Waals surface area contributed by atoms with Crippen LogP contribution in [-0.2, 0) is 21.4 Å². The van der Waals surface area contributed by atoms with Crippen LogP contribution in [0.3, 0.4) is 0 Å². The van der Waals surface area contributed by atoms with E-state index in [1.165, 1.54) is 42.5 Å². The Kier molecular flexibility index (Phi) is 7.25. The van der Waals surface area contributed by atoms with Gasteiger partial charge in [-0.25, -0.2) is 12.8 Å². The lowest BCUT2D eigenvalue weighted by Gasteiger charge is -2.22. The maximum Gasteiger partial charge on any atom is 0.243 e. The van der Waals surface area contributed by atoms with Crippen molar-refractivity contribution in [3.8, 4) is 0 Å². The van der Waals surface area contributed by atoms with E-state index in [-0.39, 0.29) is 17.1 Å². The molecule has 5 nitrogen and oxygen atoms in total. The monoisotopic (exact) mass is 510 g/mol. The molecule has 156 valence electrons. The van der Waals surface area contributed by atoms with Gasteiger partial charge in [-0.1, -0.05) is 51.8 Å². The average molecular weight is 512 g/mol. The van der Waals surface area contributed by atoms with Gasteiger partial charge >= 0.3 is 0 Å². The van der Waals surface area contributed by atoms with Crippen molar-refractivity contribution in [2.24, 2.45) is 0 Å². The SMILES string of the molecule is O=C(CN(Cc1ccc(Br)cc1)S(=O)(=O)c1ccc(Cl)cc1)Nc1ccccc1F. The minimum Gasteiger partial charge on any atom is -0.322 e. The Bertz CT molecular complexity index is 1140. The topological polar surface area (TPSA) is 66.5 Å². The van der Waals surface area contributed by atoms with E-state index >= 15 is 0 Å². The molecular weight excluding hydrogens is 495 g/mol. The molecule has 0 fully saturated rings. The smallest absolute Gasteiger partial charge is 0.243 e. The lowest BCUT2D eigenvalue weighted by Crippen LogP contribution is -2.37. The lowest BCUT2D eigenvalue weighted by molar-refractivity contribution is -0.116. The summed E-state index contributed by atoms with van der Waals surface area (Å²) in [4.78, 5) is 12.5. The number of anilines is 1. The summed E-state index contributed by atoms with van der Waals surface area (Å²) in [5, 5.41) is 2.81. The largest absolute Gasteiger partial charge is 0.322 e. The van der Waals surface area contributed by atoms with E-state index < -0.39 is 28.3 Å². The molecule has 0 atom stereocenters. The molecule has 0 aliphatic carbocycles. The second-order valence-electron chi connectivity index (χ2n) is 6.38. The number of nitrogens with zero attached hydrogens (tertiary/aromatic N) is 1. The van der Waals surface area contributed by atoms with Crippen LogP contribution in [-0.4, -0.2) is 25.2 Å². The molecule has 0 unspecified atom stereocenters. The fourth-order valence-corrected chi connectivity index (χ4v) is 4.46. The summed E-state index contributed by atoms with van der Waals surface area (Å²) >= 11 is 9.20. The summed E-state index contributed by atoms with van der Waals surface area (Å²) < 4.78 is 42.1. The van der Waals surface area contributed by atoms with Crippen molar-refractivity contribution in [1.82, 2.24) is 4.31 Å². The molecule has 0 aliphatic rings. The molecular formula is C21H17BrClFN2O3S. The van der Waals surface area contributed by atoms with Crippen LogP contribution in [0, 0.1) is 5.82 Å². The highest BCUT2D eigenvalue weighted by Crippen LogP contribution is 2.22. The van der Waals surface area contributed by atoms with E-state index in [0.717, 1.165) is 8.78 Å². The molecule has 9 heteroatoms. The molecule has 1 N–H and O–H groups in total. The zero-order valence-corrected chi connectivity index (χ0v) is 18.7. The zero-order valence-electron chi connectivity index (χ0n) is 15.6. The number of para-hydroxylation sites is 1. The molecule has 0 saturated heterocycles. The van der Waals surface area contributed by atoms with E-state index in [1.54, 1.807) is 30.3 Å². The molecule has 0 saturated carbocycles. The van der Waals surface area contributed by atoms with Crippen molar-refractivity contribution in [2.45, 2.75) is 11.4 Å². The molecule has 0 radical (unpaired) electrons. The van der Waals surface area contributed by atoms with Crippen molar-refractivity contribution >= 4 is 49.1 Å². The zero-order chi connectivity index (χ0) is 21.7. The first-order chi connectivity index (χ1) is 14.3. The van der Waals surface area contributed by atoms with E-state index in [4.69, 9.17) is 11.6 Å². The number of hydrogen-bond acceptors (Lipinski definition) is 3. The predicted molar refractivity (Wildman–Crippen MR) is 118 cm³/mol. The van der Waals surface area contributed by atoms with Gasteiger partial charge in [-0.2, -0.15) is 4.31 Å². The molecule has 0 bridgehead atoms. The van der Waals surface area contributed by atoms with Crippen LogP contribution in [0.4, 0.5) is 10.1 Å². The molecule has 3 rings (SSSR count). The Morgan fingerprint density at radius 2 is 1.63 bits per heavy atom. The van der Waals surface area contributed by atoms with Crippen LogP contribution >= 0.6 is 27.5 Å². The number of hydrogen-bond donors (Lipinski definition) is 1. The van der Waals surface area contributed by atoms with E-state index in [0.29, 0.717) is 10.6 Å². The fraction of sp³-hybridized carbons (Fsp3) is 0.0952. The predicted octanol–water partition coefficient (Wildman–Crippen LogP) is 5.07. The van der Waals surface area contributed by atoms with Crippen LogP contribution in [0.2, 0.25) is 5.02 Å². The highest BCUT2D eigenvalue weighted by molar-refractivity contribution is 9.10. The summed E-state index contributed by atoms with van der Waals surface area (Å²) in [5.74, 6) is -1.26. The highest BCUT2D eigenvalue weighted by atomic mass is 79.9. The number of benzene rings is 3. The second kappa shape index (κ2) is 9.70. The standard InChI is InChI=1S/C21H17BrClFN2O3S/c22-16-7-5-15(6-8-16)13-26(30(28,29)18-11-9-17(23)10-12-18)14-21(27)25-20-4-2-1-3-19(20)24/h1-12H,13-14H2,(H,25,27). The van der Waals surface area contributed by atoms with Crippen molar-refractivity contribution < 1.29 is 17.6 Å². The number of amides is 1. The Hall–Kier alpha value is -2.26. The average Bonchev–Trinajstić information content (AvgIpc) is 2.71. The number of carbonyl (C=O) groups excluding carboxylic acids is 1. The molecule has 0 aliphatic heterocycles. The molecule has 0 spiro atoms. The van der Waals surface area contributed by atoms with Gasteiger partial charge in [0.25, 0.3) is 0 Å². The minimum atomic E-state index is -4.02. The quantitative estimate of drug-likeness (QED) is 0.482.